The maximum atomic E-state index is 13.2. The summed E-state index contributed by atoms with van der Waals surface area (Å²) in [6, 6.07) is 6.50. The van der Waals surface area contributed by atoms with Gasteiger partial charge in [-0.3, -0.25) is 4.79 Å². The van der Waals surface area contributed by atoms with E-state index >= 15 is 0 Å². The summed E-state index contributed by atoms with van der Waals surface area (Å²) in [5, 5.41) is 3.25. The highest BCUT2D eigenvalue weighted by Crippen LogP contribution is 2.16. The first kappa shape index (κ1) is 13.7. The van der Waals surface area contributed by atoms with Crippen molar-refractivity contribution in [3.8, 4) is 0 Å². The summed E-state index contributed by atoms with van der Waals surface area (Å²) in [7, 11) is 0. The largest absolute Gasteiger partial charge is 0.334 e. The molecule has 0 saturated carbocycles. The number of rotatable bonds is 2. The number of piperazine rings is 1. The molecular weight excluding hydrogens is 243 g/mol. The zero-order valence-electron chi connectivity index (χ0n) is 11.3. The van der Waals surface area contributed by atoms with Crippen molar-refractivity contribution < 1.29 is 9.18 Å². The third kappa shape index (κ3) is 3.41. The SMILES string of the molecule is CC(=CC(=O)N1CCNCC1C)c1cccc(F)c1. The van der Waals surface area contributed by atoms with Crippen LogP contribution < -0.4 is 5.32 Å². The second kappa shape index (κ2) is 5.97. The van der Waals surface area contributed by atoms with Gasteiger partial charge in [0.1, 0.15) is 5.82 Å². The van der Waals surface area contributed by atoms with Crippen molar-refractivity contribution in [3.63, 3.8) is 0 Å². The molecule has 1 aliphatic rings. The van der Waals surface area contributed by atoms with Gasteiger partial charge in [0, 0.05) is 31.8 Å². The van der Waals surface area contributed by atoms with E-state index in [0.29, 0.717) is 6.54 Å². The Balaban J connectivity index is 2.13. The number of carbonyl (C=O) groups is 1. The first-order valence-corrected chi connectivity index (χ1v) is 6.53. The summed E-state index contributed by atoms with van der Waals surface area (Å²) < 4.78 is 13.2. The number of nitrogens with zero attached hydrogens (tertiary/aromatic N) is 1. The van der Waals surface area contributed by atoms with E-state index in [1.54, 1.807) is 12.1 Å². The molecule has 1 N–H and O–H groups in total. The number of hydrogen-bond donors (Lipinski definition) is 1. The minimum atomic E-state index is -0.284. The third-order valence-electron chi connectivity index (χ3n) is 3.40. The summed E-state index contributed by atoms with van der Waals surface area (Å²) in [6.07, 6.45) is 1.59. The van der Waals surface area contributed by atoms with Crippen LogP contribution in [0.1, 0.15) is 19.4 Å². The van der Waals surface area contributed by atoms with Gasteiger partial charge in [0.15, 0.2) is 0 Å². The van der Waals surface area contributed by atoms with Crippen molar-refractivity contribution >= 4 is 11.5 Å². The topological polar surface area (TPSA) is 32.3 Å². The fraction of sp³-hybridized carbons (Fsp3) is 0.400. The van der Waals surface area contributed by atoms with E-state index in [9.17, 15) is 9.18 Å². The van der Waals surface area contributed by atoms with Gasteiger partial charge in [0.05, 0.1) is 0 Å². The van der Waals surface area contributed by atoms with Crippen molar-refractivity contribution in [2.24, 2.45) is 0 Å². The fourth-order valence-corrected chi connectivity index (χ4v) is 2.25. The lowest BCUT2D eigenvalue weighted by Gasteiger charge is -2.33. The molecule has 0 aromatic heterocycles. The summed E-state index contributed by atoms with van der Waals surface area (Å²) in [6.45, 7) is 6.21. The van der Waals surface area contributed by atoms with Gasteiger partial charge < -0.3 is 10.2 Å². The van der Waals surface area contributed by atoms with E-state index in [0.717, 1.165) is 24.2 Å². The predicted molar refractivity (Wildman–Crippen MR) is 74.1 cm³/mol. The molecule has 0 radical (unpaired) electrons. The third-order valence-corrected chi connectivity index (χ3v) is 3.40. The molecule has 1 aliphatic heterocycles. The fourth-order valence-electron chi connectivity index (χ4n) is 2.25. The normalized spacial score (nSPS) is 20.5. The number of hydrogen-bond acceptors (Lipinski definition) is 2. The number of nitrogens with one attached hydrogen (secondary N) is 1. The Morgan fingerprint density at radius 1 is 1.53 bits per heavy atom. The average molecular weight is 262 g/mol. The first-order valence-electron chi connectivity index (χ1n) is 6.53. The van der Waals surface area contributed by atoms with Crippen LogP contribution in [0.3, 0.4) is 0 Å². The predicted octanol–water partition coefficient (Wildman–Crippen LogP) is 2.05. The minimum absolute atomic E-state index is 0.00392. The minimum Gasteiger partial charge on any atom is -0.334 e. The van der Waals surface area contributed by atoms with Gasteiger partial charge >= 0.3 is 0 Å². The smallest absolute Gasteiger partial charge is 0.247 e. The number of halogens is 1. The van der Waals surface area contributed by atoms with Gasteiger partial charge in [0.25, 0.3) is 0 Å². The zero-order valence-corrected chi connectivity index (χ0v) is 11.3. The van der Waals surface area contributed by atoms with Gasteiger partial charge in [-0.25, -0.2) is 4.39 Å². The molecule has 0 aliphatic carbocycles. The van der Waals surface area contributed by atoms with E-state index in [4.69, 9.17) is 0 Å². The Morgan fingerprint density at radius 3 is 3.00 bits per heavy atom. The standard InChI is InChI=1S/C15H19FN2O/c1-11(13-4-3-5-14(16)9-13)8-15(19)18-7-6-17-10-12(18)2/h3-5,8-9,12,17H,6-7,10H2,1-2H3. The van der Waals surface area contributed by atoms with Gasteiger partial charge in [-0.15, -0.1) is 0 Å². The molecular formula is C15H19FN2O. The Morgan fingerprint density at radius 2 is 2.32 bits per heavy atom. The molecule has 1 fully saturated rings. The molecule has 0 spiro atoms. The molecule has 1 amide bonds. The van der Waals surface area contributed by atoms with Crippen molar-refractivity contribution in [2.75, 3.05) is 19.6 Å². The number of allylic oxidation sites excluding steroid dienone is 1. The Bertz CT molecular complexity index is 499. The molecule has 19 heavy (non-hydrogen) atoms. The molecule has 4 heteroatoms. The molecule has 2 rings (SSSR count). The maximum Gasteiger partial charge on any atom is 0.247 e. The van der Waals surface area contributed by atoms with Crippen LogP contribution in [-0.4, -0.2) is 36.5 Å². The van der Waals surface area contributed by atoms with E-state index in [1.807, 2.05) is 24.8 Å². The lowest BCUT2D eigenvalue weighted by Crippen LogP contribution is -2.51. The van der Waals surface area contributed by atoms with E-state index in [2.05, 4.69) is 5.32 Å². The highest BCUT2D eigenvalue weighted by molar-refractivity contribution is 5.95. The second-order valence-electron chi connectivity index (χ2n) is 4.92. The lowest BCUT2D eigenvalue weighted by molar-refractivity contribution is -0.128. The molecule has 1 aromatic rings. The summed E-state index contributed by atoms with van der Waals surface area (Å²) >= 11 is 0. The summed E-state index contributed by atoms with van der Waals surface area (Å²) in [5.41, 5.74) is 1.53. The van der Waals surface area contributed by atoms with Crippen LogP contribution in [0.2, 0.25) is 0 Å². The van der Waals surface area contributed by atoms with Crippen LogP contribution in [0, 0.1) is 5.82 Å². The lowest BCUT2D eigenvalue weighted by atomic mass is 10.1. The molecule has 3 nitrogen and oxygen atoms in total. The maximum absolute atomic E-state index is 13.2. The highest BCUT2D eigenvalue weighted by Gasteiger charge is 2.21. The van der Waals surface area contributed by atoms with E-state index in [-0.39, 0.29) is 17.8 Å². The monoisotopic (exact) mass is 262 g/mol. The van der Waals surface area contributed by atoms with Crippen molar-refractivity contribution in [1.29, 1.82) is 0 Å². The van der Waals surface area contributed by atoms with Crippen LogP contribution in [0.15, 0.2) is 30.3 Å². The van der Waals surface area contributed by atoms with Gasteiger partial charge in [-0.05, 0) is 37.1 Å². The second-order valence-corrected chi connectivity index (χ2v) is 4.92. The summed E-state index contributed by atoms with van der Waals surface area (Å²) in [4.78, 5) is 14.1. The Labute approximate surface area is 113 Å². The molecule has 0 bridgehead atoms. The molecule has 1 saturated heterocycles. The van der Waals surface area contributed by atoms with Gasteiger partial charge in [-0.1, -0.05) is 12.1 Å². The van der Waals surface area contributed by atoms with Crippen LogP contribution in [0.25, 0.3) is 5.57 Å². The van der Waals surface area contributed by atoms with Crippen LogP contribution in [0.4, 0.5) is 4.39 Å². The number of benzene rings is 1. The van der Waals surface area contributed by atoms with Crippen LogP contribution >= 0.6 is 0 Å². The zero-order chi connectivity index (χ0) is 13.8. The molecule has 102 valence electrons. The van der Waals surface area contributed by atoms with Crippen molar-refractivity contribution in [2.45, 2.75) is 19.9 Å². The highest BCUT2D eigenvalue weighted by atomic mass is 19.1. The Kier molecular flexibility index (Phi) is 4.32. The van der Waals surface area contributed by atoms with E-state index in [1.165, 1.54) is 12.1 Å². The van der Waals surface area contributed by atoms with Crippen molar-refractivity contribution in [3.05, 3.63) is 41.7 Å². The van der Waals surface area contributed by atoms with Crippen LogP contribution in [0.5, 0.6) is 0 Å². The quantitative estimate of drug-likeness (QED) is 0.827. The number of amides is 1. The van der Waals surface area contributed by atoms with E-state index < -0.39 is 0 Å². The summed E-state index contributed by atoms with van der Waals surface area (Å²) in [5.74, 6) is -0.288. The first-order chi connectivity index (χ1) is 9.08. The molecule has 1 atom stereocenters. The Hall–Kier alpha value is -1.68. The van der Waals surface area contributed by atoms with Crippen LogP contribution in [-0.2, 0) is 4.79 Å². The van der Waals surface area contributed by atoms with Gasteiger partial charge in [-0.2, -0.15) is 0 Å². The molecule has 1 heterocycles. The molecule has 1 aromatic carbocycles. The van der Waals surface area contributed by atoms with Gasteiger partial charge in [0.2, 0.25) is 5.91 Å². The molecule has 1 unspecified atom stereocenters. The van der Waals surface area contributed by atoms with Crippen molar-refractivity contribution in [1.82, 2.24) is 10.2 Å². The average Bonchev–Trinajstić information content (AvgIpc) is 2.39. The number of carbonyl (C=O) groups excluding carboxylic acids is 1.